The Kier molecular flexibility index (Phi) is 5.12. The third kappa shape index (κ3) is 3.91. The average molecular weight is 289 g/mol. The van der Waals surface area contributed by atoms with Crippen LogP contribution in [0.25, 0.3) is 0 Å². The second kappa shape index (κ2) is 6.85. The molecule has 1 unspecified atom stereocenters. The van der Waals surface area contributed by atoms with Crippen LogP contribution < -0.4 is 5.32 Å². The van der Waals surface area contributed by atoms with Gasteiger partial charge in [-0.1, -0.05) is 19.1 Å². The average Bonchev–Trinajstić information content (AvgIpc) is 2.90. The minimum absolute atomic E-state index is 0.155. The van der Waals surface area contributed by atoms with Crippen LogP contribution in [0, 0.1) is 12.7 Å². The van der Waals surface area contributed by atoms with Crippen LogP contribution in [0.5, 0.6) is 0 Å². The third-order valence-corrected chi connectivity index (χ3v) is 3.64. The Hall–Kier alpha value is -1.68. The molecule has 4 heteroatoms. The zero-order chi connectivity index (χ0) is 15.4. The van der Waals surface area contributed by atoms with Crippen LogP contribution in [-0.4, -0.2) is 16.3 Å². The SMILES string of the molecule is CCNC(Cc1ccn(C(C)C)n1)c1ccc(F)c(C)c1. The van der Waals surface area contributed by atoms with Crippen LogP contribution in [0.15, 0.2) is 30.5 Å². The van der Waals surface area contributed by atoms with E-state index in [0.717, 1.165) is 24.2 Å². The van der Waals surface area contributed by atoms with E-state index in [4.69, 9.17) is 0 Å². The molecule has 114 valence electrons. The van der Waals surface area contributed by atoms with Crippen molar-refractivity contribution in [3.8, 4) is 0 Å². The molecular weight excluding hydrogens is 265 g/mol. The maximum atomic E-state index is 13.4. The van der Waals surface area contributed by atoms with Crippen molar-refractivity contribution >= 4 is 0 Å². The Morgan fingerprint density at radius 2 is 2.05 bits per heavy atom. The molecule has 1 aromatic heterocycles. The van der Waals surface area contributed by atoms with Crippen molar-refractivity contribution in [3.63, 3.8) is 0 Å². The van der Waals surface area contributed by atoms with E-state index in [-0.39, 0.29) is 11.9 Å². The first kappa shape index (κ1) is 15.7. The molecule has 21 heavy (non-hydrogen) atoms. The van der Waals surface area contributed by atoms with Gasteiger partial charge in [-0.3, -0.25) is 4.68 Å². The van der Waals surface area contributed by atoms with Gasteiger partial charge in [0.15, 0.2) is 0 Å². The first-order valence-corrected chi connectivity index (χ1v) is 7.54. The van der Waals surface area contributed by atoms with E-state index in [9.17, 15) is 4.39 Å². The van der Waals surface area contributed by atoms with Gasteiger partial charge < -0.3 is 5.32 Å². The number of rotatable bonds is 6. The lowest BCUT2D eigenvalue weighted by molar-refractivity contribution is 0.506. The van der Waals surface area contributed by atoms with Crippen LogP contribution in [-0.2, 0) is 6.42 Å². The number of hydrogen-bond acceptors (Lipinski definition) is 2. The summed E-state index contributed by atoms with van der Waals surface area (Å²) in [5, 5.41) is 8.06. The predicted octanol–water partition coefficient (Wildman–Crippen LogP) is 3.80. The standard InChI is InChI=1S/C17H24FN3/c1-5-19-17(14-6-7-16(18)13(4)10-14)11-15-8-9-21(20-15)12(2)3/h6-10,12,17,19H,5,11H2,1-4H3. The van der Waals surface area contributed by atoms with E-state index >= 15 is 0 Å². The van der Waals surface area contributed by atoms with Gasteiger partial charge in [-0.25, -0.2) is 4.39 Å². The summed E-state index contributed by atoms with van der Waals surface area (Å²) in [6, 6.07) is 7.90. The van der Waals surface area contributed by atoms with Crippen molar-refractivity contribution in [3.05, 3.63) is 53.1 Å². The Labute approximate surface area is 126 Å². The van der Waals surface area contributed by atoms with Crippen molar-refractivity contribution in [2.45, 2.75) is 46.2 Å². The molecule has 3 nitrogen and oxygen atoms in total. The fourth-order valence-electron chi connectivity index (χ4n) is 2.42. The number of nitrogens with zero attached hydrogens (tertiary/aromatic N) is 2. The molecule has 2 aromatic rings. The van der Waals surface area contributed by atoms with E-state index in [0.29, 0.717) is 11.6 Å². The molecule has 1 aromatic carbocycles. The summed E-state index contributed by atoms with van der Waals surface area (Å²) >= 11 is 0. The van der Waals surface area contributed by atoms with E-state index in [1.54, 1.807) is 13.0 Å². The van der Waals surface area contributed by atoms with Gasteiger partial charge in [-0.05, 0) is 50.6 Å². The number of halogens is 1. The van der Waals surface area contributed by atoms with Crippen molar-refractivity contribution in [1.82, 2.24) is 15.1 Å². The van der Waals surface area contributed by atoms with Gasteiger partial charge in [0.2, 0.25) is 0 Å². The molecule has 0 fully saturated rings. The smallest absolute Gasteiger partial charge is 0.126 e. The Morgan fingerprint density at radius 1 is 1.29 bits per heavy atom. The van der Waals surface area contributed by atoms with Gasteiger partial charge in [0.05, 0.1) is 5.69 Å². The lowest BCUT2D eigenvalue weighted by Crippen LogP contribution is -2.23. The zero-order valence-corrected chi connectivity index (χ0v) is 13.2. The lowest BCUT2D eigenvalue weighted by atomic mass is 10.00. The number of likely N-dealkylation sites (N-methyl/N-ethyl adjacent to an activating group) is 1. The molecule has 0 aliphatic heterocycles. The molecule has 0 aliphatic rings. The minimum atomic E-state index is -0.155. The minimum Gasteiger partial charge on any atom is -0.310 e. The predicted molar refractivity (Wildman–Crippen MR) is 83.9 cm³/mol. The largest absolute Gasteiger partial charge is 0.310 e. The van der Waals surface area contributed by atoms with Crippen LogP contribution in [0.1, 0.15) is 49.7 Å². The Balaban J connectivity index is 2.19. The second-order valence-corrected chi connectivity index (χ2v) is 5.70. The summed E-state index contributed by atoms with van der Waals surface area (Å²) in [6.45, 7) is 8.97. The number of nitrogens with one attached hydrogen (secondary N) is 1. The first-order valence-electron chi connectivity index (χ1n) is 7.54. The van der Waals surface area contributed by atoms with Crippen LogP contribution in [0.4, 0.5) is 4.39 Å². The quantitative estimate of drug-likeness (QED) is 0.876. The molecular formula is C17H24FN3. The van der Waals surface area contributed by atoms with E-state index in [2.05, 4.69) is 37.3 Å². The number of aryl methyl sites for hydroxylation is 1. The lowest BCUT2D eigenvalue weighted by Gasteiger charge is -2.18. The Bertz CT molecular complexity index is 589. The highest BCUT2D eigenvalue weighted by Crippen LogP contribution is 2.20. The molecule has 1 N–H and O–H groups in total. The summed E-state index contributed by atoms with van der Waals surface area (Å²) in [5.41, 5.74) is 2.84. The fraction of sp³-hybridized carbons (Fsp3) is 0.471. The van der Waals surface area contributed by atoms with Gasteiger partial charge in [0.1, 0.15) is 5.82 Å². The highest BCUT2D eigenvalue weighted by Gasteiger charge is 2.14. The molecule has 0 saturated carbocycles. The van der Waals surface area contributed by atoms with Crippen LogP contribution >= 0.6 is 0 Å². The molecule has 0 spiro atoms. The summed E-state index contributed by atoms with van der Waals surface area (Å²) in [6.07, 6.45) is 2.82. The van der Waals surface area contributed by atoms with Crippen molar-refractivity contribution < 1.29 is 4.39 Å². The van der Waals surface area contributed by atoms with Gasteiger partial charge in [0, 0.05) is 24.7 Å². The summed E-state index contributed by atoms with van der Waals surface area (Å²) in [4.78, 5) is 0. The molecule has 2 rings (SSSR count). The Morgan fingerprint density at radius 3 is 2.62 bits per heavy atom. The zero-order valence-electron chi connectivity index (χ0n) is 13.2. The molecule has 0 radical (unpaired) electrons. The molecule has 0 bridgehead atoms. The summed E-state index contributed by atoms with van der Waals surface area (Å²) < 4.78 is 15.4. The fourth-order valence-corrected chi connectivity index (χ4v) is 2.42. The molecule has 1 heterocycles. The molecule has 0 amide bonds. The summed E-state index contributed by atoms with van der Waals surface area (Å²) in [5.74, 6) is -0.155. The molecule has 1 atom stereocenters. The van der Waals surface area contributed by atoms with Gasteiger partial charge >= 0.3 is 0 Å². The highest BCUT2D eigenvalue weighted by molar-refractivity contribution is 5.27. The van der Waals surface area contributed by atoms with E-state index < -0.39 is 0 Å². The maximum Gasteiger partial charge on any atom is 0.126 e. The van der Waals surface area contributed by atoms with Crippen LogP contribution in [0.2, 0.25) is 0 Å². The van der Waals surface area contributed by atoms with Crippen molar-refractivity contribution in [1.29, 1.82) is 0 Å². The summed E-state index contributed by atoms with van der Waals surface area (Å²) in [7, 11) is 0. The number of aromatic nitrogens is 2. The van der Waals surface area contributed by atoms with Crippen LogP contribution in [0.3, 0.4) is 0 Å². The second-order valence-electron chi connectivity index (χ2n) is 5.70. The van der Waals surface area contributed by atoms with E-state index in [1.807, 2.05) is 23.0 Å². The number of hydrogen-bond donors (Lipinski definition) is 1. The van der Waals surface area contributed by atoms with Gasteiger partial charge in [-0.2, -0.15) is 5.10 Å². The number of benzene rings is 1. The third-order valence-electron chi connectivity index (χ3n) is 3.64. The van der Waals surface area contributed by atoms with E-state index in [1.165, 1.54) is 0 Å². The molecule has 0 aliphatic carbocycles. The van der Waals surface area contributed by atoms with Crippen molar-refractivity contribution in [2.75, 3.05) is 6.54 Å². The maximum absolute atomic E-state index is 13.4. The topological polar surface area (TPSA) is 29.9 Å². The molecule has 0 saturated heterocycles. The highest BCUT2D eigenvalue weighted by atomic mass is 19.1. The monoisotopic (exact) mass is 289 g/mol. The van der Waals surface area contributed by atoms with Gasteiger partial charge in [-0.15, -0.1) is 0 Å². The van der Waals surface area contributed by atoms with Gasteiger partial charge in [0.25, 0.3) is 0 Å². The first-order chi connectivity index (χ1) is 10.0. The van der Waals surface area contributed by atoms with Crippen molar-refractivity contribution in [2.24, 2.45) is 0 Å². The normalized spacial score (nSPS) is 12.9.